The minimum absolute atomic E-state index is 0.276. The van der Waals surface area contributed by atoms with E-state index in [1.54, 1.807) is 12.1 Å². The third-order valence-electron chi connectivity index (χ3n) is 4.27. The lowest BCUT2D eigenvalue weighted by Crippen LogP contribution is -2.05. The van der Waals surface area contributed by atoms with Gasteiger partial charge in [-0.15, -0.1) is 0 Å². The molecule has 26 heavy (non-hydrogen) atoms. The summed E-state index contributed by atoms with van der Waals surface area (Å²) in [5.41, 5.74) is 3.90. The van der Waals surface area contributed by atoms with E-state index in [0.29, 0.717) is 17.6 Å². The Balaban J connectivity index is 2.07. The zero-order chi connectivity index (χ0) is 19.1. The predicted octanol–water partition coefficient (Wildman–Crippen LogP) is 4.42. The van der Waals surface area contributed by atoms with Crippen LogP contribution in [-0.4, -0.2) is 14.7 Å². The normalized spacial score (nSPS) is 14.0. The molecule has 0 aliphatic heterocycles. The molecule has 3 nitrogen and oxygen atoms in total. The van der Waals surface area contributed by atoms with Crippen molar-refractivity contribution in [1.82, 2.24) is 0 Å². The Hall–Kier alpha value is -2.78. The summed E-state index contributed by atoms with van der Waals surface area (Å²) >= 11 is 0. The number of hydrogen-bond donors (Lipinski definition) is 0. The molecule has 0 saturated heterocycles. The summed E-state index contributed by atoms with van der Waals surface area (Å²) in [7, 11) is -4.00. The van der Waals surface area contributed by atoms with Crippen molar-refractivity contribution < 1.29 is 17.2 Å². The van der Waals surface area contributed by atoms with Crippen molar-refractivity contribution >= 4 is 21.0 Å². The van der Waals surface area contributed by atoms with Gasteiger partial charge in [-0.05, 0) is 59.4 Å². The maximum Gasteiger partial charge on any atom is 0.181 e. The highest BCUT2D eigenvalue weighted by Crippen LogP contribution is 2.38. The van der Waals surface area contributed by atoms with Crippen LogP contribution in [0.1, 0.15) is 28.7 Å². The monoisotopic (exact) mass is 371 g/mol. The van der Waals surface area contributed by atoms with Gasteiger partial charge in [0.15, 0.2) is 9.84 Å². The van der Waals surface area contributed by atoms with Gasteiger partial charge >= 0.3 is 0 Å². The van der Waals surface area contributed by atoms with Gasteiger partial charge in [0.25, 0.3) is 0 Å². The van der Waals surface area contributed by atoms with Crippen LogP contribution in [0.5, 0.6) is 0 Å². The van der Waals surface area contributed by atoms with Gasteiger partial charge in [0, 0.05) is 6.26 Å². The van der Waals surface area contributed by atoms with Crippen LogP contribution in [-0.2, 0) is 9.84 Å². The van der Waals surface area contributed by atoms with E-state index in [1.807, 2.05) is 25.1 Å². The van der Waals surface area contributed by atoms with Gasteiger partial charge in [-0.3, -0.25) is 0 Å². The van der Waals surface area contributed by atoms with Crippen LogP contribution in [0.3, 0.4) is 0 Å². The molecule has 2 aromatic carbocycles. The second-order valence-corrected chi connectivity index (χ2v) is 8.11. The van der Waals surface area contributed by atoms with E-state index in [9.17, 15) is 17.2 Å². The molecule has 0 saturated carbocycles. The van der Waals surface area contributed by atoms with E-state index in [2.05, 4.69) is 6.07 Å². The molecule has 0 spiro atoms. The topological polar surface area (TPSA) is 57.9 Å². The van der Waals surface area contributed by atoms with Crippen LogP contribution >= 0.6 is 0 Å². The van der Waals surface area contributed by atoms with Crippen LogP contribution in [0.25, 0.3) is 11.1 Å². The first-order valence-electron chi connectivity index (χ1n) is 7.83. The number of rotatable bonds is 3. The molecular formula is C20H15F2NO2S. The van der Waals surface area contributed by atoms with Crippen LogP contribution in [0.4, 0.5) is 8.78 Å². The zero-order valence-corrected chi connectivity index (χ0v) is 15.0. The first-order valence-corrected chi connectivity index (χ1v) is 9.73. The van der Waals surface area contributed by atoms with Gasteiger partial charge in [-0.25, -0.2) is 17.2 Å². The average molecular weight is 371 g/mol. The van der Waals surface area contributed by atoms with Crippen molar-refractivity contribution in [2.45, 2.75) is 18.2 Å². The zero-order valence-electron chi connectivity index (χ0n) is 14.2. The third-order valence-corrected chi connectivity index (χ3v) is 5.40. The standard InChI is InChI=1S/C20H15F2NO2S/c1-12-8-13(6-7-14(12)11-23)16-4-3-5-17(16)15-9-18(21)20(19(22)10-15)26(2,24)25/h4-10H,3H2,1-2H3. The highest BCUT2D eigenvalue weighted by Gasteiger charge is 2.23. The van der Waals surface area contributed by atoms with Crippen LogP contribution in [0.2, 0.25) is 0 Å². The lowest BCUT2D eigenvalue weighted by molar-refractivity contribution is 0.521. The summed E-state index contributed by atoms with van der Waals surface area (Å²) in [5, 5.41) is 9.05. The third kappa shape index (κ3) is 3.18. The van der Waals surface area contributed by atoms with Gasteiger partial charge in [0.1, 0.15) is 16.5 Å². The Bertz CT molecular complexity index is 1100. The van der Waals surface area contributed by atoms with Crippen molar-refractivity contribution in [3.05, 3.63) is 76.4 Å². The quantitative estimate of drug-likeness (QED) is 0.802. The minimum atomic E-state index is -4.00. The van der Waals surface area contributed by atoms with E-state index >= 15 is 0 Å². The minimum Gasteiger partial charge on any atom is -0.224 e. The van der Waals surface area contributed by atoms with Gasteiger partial charge in [-0.1, -0.05) is 24.3 Å². The predicted molar refractivity (Wildman–Crippen MR) is 95.9 cm³/mol. The summed E-state index contributed by atoms with van der Waals surface area (Å²) in [6.45, 7) is 1.82. The Labute approximate surface area is 150 Å². The van der Waals surface area contributed by atoms with Crippen molar-refractivity contribution in [3.63, 3.8) is 0 Å². The van der Waals surface area contributed by atoms with Crippen LogP contribution in [0, 0.1) is 29.9 Å². The van der Waals surface area contributed by atoms with E-state index < -0.39 is 26.4 Å². The number of halogens is 2. The Morgan fingerprint density at radius 2 is 1.58 bits per heavy atom. The van der Waals surface area contributed by atoms with Crippen LogP contribution < -0.4 is 0 Å². The molecule has 1 aliphatic rings. The van der Waals surface area contributed by atoms with E-state index in [0.717, 1.165) is 35.1 Å². The highest BCUT2D eigenvalue weighted by molar-refractivity contribution is 7.90. The number of hydrogen-bond acceptors (Lipinski definition) is 3. The Morgan fingerprint density at radius 1 is 1.00 bits per heavy atom. The summed E-state index contributed by atoms with van der Waals surface area (Å²) in [6, 6.07) is 9.52. The molecule has 0 heterocycles. The molecule has 0 atom stereocenters. The number of aryl methyl sites for hydroxylation is 1. The fourth-order valence-electron chi connectivity index (χ4n) is 3.09. The number of nitrogens with zero attached hydrogens (tertiary/aromatic N) is 1. The molecule has 132 valence electrons. The summed E-state index contributed by atoms with van der Waals surface area (Å²) in [4.78, 5) is -0.917. The molecule has 0 amide bonds. The largest absolute Gasteiger partial charge is 0.224 e. The molecule has 0 fully saturated rings. The number of benzene rings is 2. The van der Waals surface area contributed by atoms with Crippen LogP contribution in [0.15, 0.2) is 47.4 Å². The fourth-order valence-corrected chi connectivity index (χ4v) is 3.91. The molecule has 2 aromatic rings. The molecule has 6 heteroatoms. The SMILES string of the molecule is Cc1cc(C2=CCC=C2c2cc(F)c(S(C)(=O)=O)c(F)c2)ccc1C#N. The second kappa shape index (κ2) is 6.50. The van der Waals surface area contributed by atoms with Gasteiger partial charge in [0.05, 0.1) is 11.6 Å². The number of nitriles is 1. The van der Waals surface area contributed by atoms with E-state index in [1.165, 1.54) is 0 Å². The molecule has 0 unspecified atom stereocenters. The molecule has 0 N–H and O–H groups in total. The first kappa shape index (κ1) is 18.0. The van der Waals surface area contributed by atoms with E-state index in [4.69, 9.17) is 5.26 Å². The van der Waals surface area contributed by atoms with Crippen molar-refractivity contribution in [1.29, 1.82) is 5.26 Å². The highest BCUT2D eigenvalue weighted by atomic mass is 32.2. The summed E-state index contributed by atoms with van der Waals surface area (Å²) < 4.78 is 51.6. The van der Waals surface area contributed by atoms with Gasteiger partial charge in [0.2, 0.25) is 0 Å². The lowest BCUT2D eigenvalue weighted by Gasteiger charge is -2.13. The summed E-state index contributed by atoms with van der Waals surface area (Å²) in [5.74, 6) is -2.21. The number of allylic oxidation sites excluding steroid dienone is 4. The molecule has 0 radical (unpaired) electrons. The Kier molecular flexibility index (Phi) is 4.51. The summed E-state index contributed by atoms with van der Waals surface area (Å²) in [6.07, 6.45) is 5.13. The maximum absolute atomic E-state index is 14.3. The molecular weight excluding hydrogens is 356 g/mol. The molecule has 0 aromatic heterocycles. The molecule has 0 bridgehead atoms. The lowest BCUT2D eigenvalue weighted by atomic mass is 9.93. The van der Waals surface area contributed by atoms with Crippen molar-refractivity contribution in [2.75, 3.05) is 6.26 Å². The Morgan fingerprint density at radius 3 is 2.08 bits per heavy atom. The van der Waals surface area contributed by atoms with Gasteiger partial charge < -0.3 is 0 Å². The maximum atomic E-state index is 14.3. The smallest absolute Gasteiger partial charge is 0.181 e. The number of sulfone groups is 1. The fraction of sp³-hybridized carbons (Fsp3) is 0.150. The van der Waals surface area contributed by atoms with Gasteiger partial charge in [-0.2, -0.15) is 5.26 Å². The molecule has 3 rings (SSSR count). The molecule has 1 aliphatic carbocycles. The van der Waals surface area contributed by atoms with Crippen molar-refractivity contribution in [2.24, 2.45) is 0 Å². The van der Waals surface area contributed by atoms with E-state index in [-0.39, 0.29) is 5.56 Å². The first-order chi connectivity index (χ1) is 12.2. The second-order valence-electron chi connectivity index (χ2n) is 6.15. The average Bonchev–Trinajstić information content (AvgIpc) is 3.02. The van der Waals surface area contributed by atoms with Crippen molar-refractivity contribution in [3.8, 4) is 6.07 Å².